The van der Waals surface area contributed by atoms with E-state index in [1.807, 2.05) is 37.4 Å². The van der Waals surface area contributed by atoms with Gasteiger partial charge in [0.2, 0.25) is 5.75 Å². The predicted octanol–water partition coefficient (Wildman–Crippen LogP) is 5.28. The second kappa shape index (κ2) is 8.02. The van der Waals surface area contributed by atoms with Gasteiger partial charge < -0.3 is 24.2 Å². The molecule has 0 atom stereocenters. The number of aromatic amines is 2. The lowest BCUT2D eigenvalue weighted by Crippen LogP contribution is -2.04. The third-order valence-electron chi connectivity index (χ3n) is 5.76. The Morgan fingerprint density at radius 2 is 1.61 bits per heavy atom. The Hall–Kier alpha value is -4.26. The van der Waals surface area contributed by atoms with E-state index in [1.165, 1.54) is 21.3 Å². The van der Waals surface area contributed by atoms with Gasteiger partial charge in [-0.15, -0.1) is 0 Å². The number of H-pyrrole nitrogens is 2. The van der Waals surface area contributed by atoms with Crippen LogP contribution in [-0.2, 0) is 0 Å². The monoisotopic (exact) mass is 441 g/mol. The molecule has 33 heavy (non-hydrogen) atoms. The number of nitrogens with one attached hydrogen (secondary N) is 2. The zero-order chi connectivity index (χ0) is 23.1. The molecular formula is C26H23N3O4. The summed E-state index contributed by atoms with van der Waals surface area (Å²) in [4.78, 5) is 24.8. The Labute approximate surface area is 190 Å². The molecule has 0 spiro atoms. The number of aryl methyl sites for hydroxylation is 1. The summed E-state index contributed by atoms with van der Waals surface area (Å²) in [6, 6.07) is 15.0. The smallest absolute Gasteiger partial charge is 0.203 e. The number of carbonyl (C=O) groups is 1. The van der Waals surface area contributed by atoms with Gasteiger partial charge in [-0.2, -0.15) is 0 Å². The summed E-state index contributed by atoms with van der Waals surface area (Å²) in [5.41, 5.74) is 5.85. The summed E-state index contributed by atoms with van der Waals surface area (Å²) < 4.78 is 16.2. The van der Waals surface area contributed by atoms with Gasteiger partial charge in [0.15, 0.2) is 17.3 Å². The number of aromatic nitrogens is 3. The highest BCUT2D eigenvalue weighted by molar-refractivity contribution is 6.12. The first-order valence-corrected chi connectivity index (χ1v) is 10.4. The average molecular weight is 441 g/mol. The number of fused-ring (bicyclic) bond motifs is 2. The lowest BCUT2D eigenvalue weighted by Gasteiger charge is -2.13. The van der Waals surface area contributed by atoms with Crippen LogP contribution in [0.15, 0.2) is 54.7 Å². The van der Waals surface area contributed by atoms with Gasteiger partial charge in [0.25, 0.3) is 0 Å². The van der Waals surface area contributed by atoms with Crippen LogP contribution in [0.4, 0.5) is 0 Å². The molecular weight excluding hydrogens is 418 g/mol. The van der Waals surface area contributed by atoms with Crippen molar-refractivity contribution in [1.82, 2.24) is 15.0 Å². The highest BCUT2D eigenvalue weighted by Gasteiger charge is 2.19. The minimum atomic E-state index is -0.150. The van der Waals surface area contributed by atoms with Crippen LogP contribution in [0.3, 0.4) is 0 Å². The van der Waals surface area contributed by atoms with Crippen LogP contribution in [0, 0.1) is 6.92 Å². The quantitative estimate of drug-likeness (QED) is 0.350. The fourth-order valence-electron chi connectivity index (χ4n) is 4.09. The molecule has 3 aromatic carbocycles. The van der Waals surface area contributed by atoms with E-state index < -0.39 is 0 Å². The van der Waals surface area contributed by atoms with E-state index in [0.717, 1.165) is 38.9 Å². The molecule has 0 fully saturated rings. The number of imidazole rings is 1. The first-order valence-electron chi connectivity index (χ1n) is 10.4. The molecule has 0 saturated heterocycles. The van der Waals surface area contributed by atoms with Crippen molar-refractivity contribution >= 4 is 27.7 Å². The molecule has 0 unspecified atom stereocenters. The number of ketones is 1. The van der Waals surface area contributed by atoms with Crippen LogP contribution in [0.5, 0.6) is 17.2 Å². The molecule has 0 amide bonds. The fraction of sp³-hybridized carbons (Fsp3) is 0.154. The summed E-state index contributed by atoms with van der Waals surface area (Å²) >= 11 is 0. The van der Waals surface area contributed by atoms with Crippen molar-refractivity contribution in [2.24, 2.45) is 0 Å². The second-order valence-corrected chi connectivity index (χ2v) is 7.81. The molecule has 2 heterocycles. The minimum absolute atomic E-state index is 0.150. The number of rotatable bonds is 6. The third kappa shape index (κ3) is 3.47. The van der Waals surface area contributed by atoms with Gasteiger partial charge in [0.1, 0.15) is 5.82 Å². The van der Waals surface area contributed by atoms with Crippen molar-refractivity contribution in [3.8, 4) is 28.6 Å². The van der Waals surface area contributed by atoms with Gasteiger partial charge in [0, 0.05) is 33.8 Å². The summed E-state index contributed by atoms with van der Waals surface area (Å²) in [6.45, 7) is 2.05. The van der Waals surface area contributed by atoms with Crippen LogP contribution in [0.1, 0.15) is 21.5 Å². The number of nitrogens with zero attached hydrogens (tertiary/aromatic N) is 1. The molecule has 0 saturated carbocycles. The number of methoxy groups -OCH3 is 3. The maximum absolute atomic E-state index is 13.4. The number of ether oxygens (including phenoxy) is 3. The summed E-state index contributed by atoms with van der Waals surface area (Å²) in [5.74, 6) is 1.91. The molecule has 0 aliphatic heterocycles. The van der Waals surface area contributed by atoms with Crippen LogP contribution in [0.25, 0.3) is 33.3 Å². The van der Waals surface area contributed by atoms with Gasteiger partial charge in [-0.1, -0.05) is 6.07 Å². The molecule has 166 valence electrons. The highest BCUT2D eigenvalue weighted by atomic mass is 16.5. The van der Waals surface area contributed by atoms with E-state index in [4.69, 9.17) is 19.2 Å². The van der Waals surface area contributed by atoms with E-state index in [-0.39, 0.29) is 5.78 Å². The highest BCUT2D eigenvalue weighted by Crippen LogP contribution is 2.39. The summed E-state index contributed by atoms with van der Waals surface area (Å²) in [5, 5.41) is 0.907. The van der Waals surface area contributed by atoms with E-state index in [0.29, 0.717) is 28.4 Å². The Morgan fingerprint density at radius 1 is 0.848 bits per heavy atom. The molecule has 7 nitrogen and oxygen atoms in total. The summed E-state index contributed by atoms with van der Waals surface area (Å²) in [7, 11) is 4.58. The molecule has 0 aliphatic rings. The topological polar surface area (TPSA) is 89.2 Å². The second-order valence-electron chi connectivity index (χ2n) is 7.81. The number of benzene rings is 3. The van der Waals surface area contributed by atoms with Crippen LogP contribution < -0.4 is 14.2 Å². The number of carbonyl (C=O) groups excluding carboxylic acids is 1. The lowest BCUT2D eigenvalue weighted by molar-refractivity contribution is 0.103. The predicted molar refractivity (Wildman–Crippen MR) is 128 cm³/mol. The first-order chi connectivity index (χ1) is 16.0. The standard InChI is InChI=1S/C26H23N3O4/c1-14-5-7-20-21(9-14)29-26(28-20)18-13-27-19-8-6-15(10-17(18)19)24(30)16-11-22(31-2)25(33-4)23(12-16)32-3/h5-13,27H,1-4H3,(H,28,29). The largest absolute Gasteiger partial charge is 0.493 e. The number of hydrogen-bond donors (Lipinski definition) is 2. The molecule has 7 heteroatoms. The Bertz CT molecular complexity index is 1490. The molecule has 2 N–H and O–H groups in total. The molecule has 0 aliphatic carbocycles. The minimum Gasteiger partial charge on any atom is -0.493 e. The maximum atomic E-state index is 13.4. The molecule has 0 bridgehead atoms. The normalized spacial score (nSPS) is 11.2. The Morgan fingerprint density at radius 3 is 2.30 bits per heavy atom. The molecule has 5 rings (SSSR count). The van der Waals surface area contributed by atoms with Crippen molar-refractivity contribution in [2.75, 3.05) is 21.3 Å². The van der Waals surface area contributed by atoms with Crippen molar-refractivity contribution in [2.45, 2.75) is 6.92 Å². The number of hydrogen-bond acceptors (Lipinski definition) is 5. The van der Waals surface area contributed by atoms with Crippen molar-refractivity contribution in [1.29, 1.82) is 0 Å². The van der Waals surface area contributed by atoms with Gasteiger partial charge in [-0.3, -0.25) is 4.79 Å². The van der Waals surface area contributed by atoms with Gasteiger partial charge >= 0.3 is 0 Å². The van der Waals surface area contributed by atoms with E-state index in [1.54, 1.807) is 18.2 Å². The average Bonchev–Trinajstić information content (AvgIpc) is 3.45. The van der Waals surface area contributed by atoms with E-state index in [9.17, 15) is 4.79 Å². The van der Waals surface area contributed by atoms with Gasteiger partial charge in [0.05, 0.1) is 32.4 Å². The Balaban J connectivity index is 1.59. The SMILES string of the molecule is COc1cc(C(=O)c2ccc3[nH]cc(-c4nc5ccc(C)cc5[nH]4)c3c2)cc(OC)c1OC. The van der Waals surface area contributed by atoms with Crippen molar-refractivity contribution < 1.29 is 19.0 Å². The fourth-order valence-corrected chi connectivity index (χ4v) is 4.09. The molecule has 0 radical (unpaired) electrons. The lowest BCUT2D eigenvalue weighted by atomic mass is 10.00. The van der Waals surface area contributed by atoms with E-state index in [2.05, 4.69) is 16.0 Å². The van der Waals surface area contributed by atoms with Crippen LogP contribution in [0.2, 0.25) is 0 Å². The van der Waals surface area contributed by atoms with Crippen LogP contribution >= 0.6 is 0 Å². The van der Waals surface area contributed by atoms with Crippen molar-refractivity contribution in [3.05, 3.63) is 71.4 Å². The van der Waals surface area contributed by atoms with Crippen molar-refractivity contribution in [3.63, 3.8) is 0 Å². The van der Waals surface area contributed by atoms with Gasteiger partial charge in [-0.25, -0.2) is 4.98 Å². The van der Waals surface area contributed by atoms with Crippen LogP contribution in [-0.4, -0.2) is 42.1 Å². The Kier molecular flexibility index (Phi) is 5.01. The molecule has 2 aromatic heterocycles. The maximum Gasteiger partial charge on any atom is 0.203 e. The van der Waals surface area contributed by atoms with Gasteiger partial charge in [-0.05, 0) is 55.0 Å². The molecule has 5 aromatic rings. The zero-order valence-corrected chi connectivity index (χ0v) is 18.8. The first kappa shape index (κ1) is 20.6. The summed E-state index contributed by atoms with van der Waals surface area (Å²) in [6.07, 6.45) is 1.91. The van der Waals surface area contributed by atoms with E-state index >= 15 is 0 Å². The zero-order valence-electron chi connectivity index (χ0n) is 18.8. The third-order valence-corrected chi connectivity index (χ3v) is 5.76.